The maximum Gasteiger partial charge on any atom is 0.267 e. The SMILES string of the molecule is C[C@H](N)C(NC(=O)c1ccc(C#Cc2ccc(CO)cc2)cc1)C(=O)NO. The Balaban J connectivity index is 2.07. The maximum absolute atomic E-state index is 12.2. The molecule has 0 radical (unpaired) electrons. The first-order valence-electron chi connectivity index (χ1n) is 8.27. The van der Waals surface area contributed by atoms with Gasteiger partial charge in [-0.3, -0.25) is 14.8 Å². The topological polar surface area (TPSA) is 125 Å². The molecule has 0 fully saturated rings. The lowest BCUT2D eigenvalue weighted by molar-refractivity contribution is -0.131. The summed E-state index contributed by atoms with van der Waals surface area (Å²) in [5.74, 6) is 4.72. The molecule has 7 heteroatoms. The van der Waals surface area contributed by atoms with Crippen molar-refractivity contribution in [2.45, 2.75) is 25.6 Å². The van der Waals surface area contributed by atoms with Gasteiger partial charge in [0.05, 0.1) is 6.61 Å². The van der Waals surface area contributed by atoms with Crippen LogP contribution in [0.4, 0.5) is 0 Å². The molecule has 2 amide bonds. The van der Waals surface area contributed by atoms with Crippen LogP contribution in [0.15, 0.2) is 48.5 Å². The van der Waals surface area contributed by atoms with Crippen molar-refractivity contribution >= 4 is 11.8 Å². The van der Waals surface area contributed by atoms with E-state index in [-0.39, 0.29) is 6.61 Å². The molecule has 0 saturated heterocycles. The highest BCUT2D eigenvalue weighted by Gasteiger charge is 2.24. The molecule has 7 nitrogen and oxygen atoms in total. The third-order valence-electron chi connectivity index (χ3n) is 3.84. The van der Waals surface area contributed by atoms with E-state index in [9.17, 15) is 9.59 Å². The Morgan fingerprint density at radius 2 is 1.56 bits per heavy atom. The van der Waals surface area contributed by atoms with Gasteiger partial charge in [-0.05, 0) is 48.9 Å². The lowest BCUT2D eigenvalue weighted by atomic mass is 10.1. The van der Waals surface area contributed by atoms with Gasteiger partial charge in [-0.25, -0.2) is 5.48 Å². The summed E-state index contributed by atoms with van der Waals surface area (Å²) in [6.45, 7) is 1.53. The molecule has 0 aliphatic rings. The van der Waals surface area contributed by atoms with Crippen LogP contribution < -0.4 is 16.5 Å². The molecule has 140 valence electrons. The van der Waals surface area contributed by atoms with E-state index < -0.39 is 23.9 Å². The summed E-state index contributed by atoms with van der Waals surface area (Å²) >= 11 is 0. The smallest absolute Gasteiger partial charge is 0.267 e. The van der Waals surface area contributed by atoms with Gasteiger partial charge in [-0.2, -0.15) is 0 Å². The lowest BCUT2D eigenvalue weighted by Gasteiger charge is -2.20. The van der Waals surface area contributed by atoms with Crippen molar-refractivity contribution in [2.24, 2.45) is 5.73 Å². The zero-order valence-electron chi connectivity index (χ0n) is 14.8. The van der Waals surface area contributed by atoms with Crippen molar-refractivity contribution < 1.29 is 19.9 Å². The molecule has 0 aromatic heterocycles. The first-order valence-corrected chi connectivity index (χ1v) is 8.27. The predicted octanol–water partition coefficient (Wildman–Crippen LogP) is 0.530. The number of aliphatic hydroxyl groups is 1. The molecule has 0 spiro atoms. The summed E-state index contributed by atoms with van der Waals surface area (Å²) < 4.78 is 0. The quantitative estimate of drug-likeness (QED) is 0.300. The van der Waals surface area contributed by atoms with Crippen molar-refractivity contribution in [1.82, 2.24) is 10.8 Å². The van der Waals surface area contributed by atoms with E-state index >= 15 is 0 Å². The Morgan fingerprint density at radius 1 is 1.04 bits per heavy atom. The van der Waals surface area contributed by atoms with Gasteiger partial charge in [-0.1, -0.05) is 24.0 Å². The zero-order valence-corrected chi connectivity index (χ0v) is 14.8. The van der Waals surface area contributed by atoms with Gasteiger partial charge in [0.15, 0.2) is 0 Å². The van der Waals surface area contributed by atoms with Crippen LogP contribution in [0, 0.1) is 11.8 Å². The molecule has 2 atom stereocenters. The number of amides is 2. The van der Waals surface area contributed by atoms with Crippen LogP contribution >= 0.6 is 0 Å². The fourth-order valence-corrected chi connectivity index (χ4v) is 2.27. The summed E-state index contributed by atoms with van der Waals surface area (Å²) in [6, 6.07) is 12.1. The second-order valence-electron chi connectivity index (χ2n) is 5.97. The second-order valence-corrected chi connectivity index (χ2v) is 5.97. The van der Waals surface area contributed by atoms with Gasteiger partial charge in [0.25, 0.3) is 11.8 Å². The summed E-state index contributed by atoms with van der Waals surface area (Å²) in [4.78, 5) is 23.8. The molecule has 2 aromatic rings. The minimum absolute atomic E-state index is 0.0129. The third kappa shape index (κ3) is 5.66. The molecule has 0 aliphatic carbocycles. The van der Waals surface area contributed by atoms with Crippen molar-refractivity contribution in [3.8, 4) is 11.8 Å². The number of nitrogens with one attached hydrogen (secondary N) is 2. The van der Waals surface area contributed by atoms with Gasteiger partial charge in [0.1, 0.15) is 6.04 Å². The summed E-state index contributed by atoms with van der Waals surface area (Å²) in [5.41, 5.74) is 9.82. The summed E-state index contributed by atoms with van der Waals surface area (Å²) in [7, 11) is 0. The molecule has 0 saturated carbocycles. The molecule has 1 unspecified atom stereocenters. The number of rotatable bonds is 5. The van der Waals surface area contributed by atoms with E-state index in [1.807, 2.05) is 12.1 Å². The Bertz CT molecular complexity index is 850. The highest BCUT2D eigenvalue weighted by Crippen LogP contribution is 2.06. The molecule has 6 N–H and O–H groups in total. The van der Waals surface area contributed by atoms with Crippen molar-refractivity contribution in [1.29, 1.82) is 0 Å². The molecule has 27 heavy (non-hydrogen) atoms. The Morgan fingerprint density at radius 3 is 2.00 bits per heavy atom. The number of carbonyl (C=O) groups excluding carboxylic acids is 2. The van der Waals surface area contributed by atoms with Gasteiger partial charge < -0.3 is 16.2 Å². The first kappa shape index (κ1) is 20.1. The fraction of sp³-hybridized carbons (Fsp3) is 0.200. The zero-order chi connectivity index (χ0) is 19.8. The number of carbonyl (C=O) groups is 2. The van der Waals surface area contributed by atoms with Crippen molar-refractivity contribution in [3.63, 3.8) is 0 Å². The predicted molar refractivity (Wildman–Crippen MR) is 99.6 cm³/mol. The molecular weight excluding hydrogens is 346 g/mol. The summed E-state index contributed by atoms with van der Waals surface area (Å²) in [6.07, 6.45) is 0. The first-order chi connectivity index (χ1) is 12.9. The summed E-state index contributed by atoms with van der Waals surface area (Å²) in [5, 5.41) is 20.2. The molecule has 0 aliphatic heterocycles. The average molecular weight is 367 g/mol. The van der Waals surface area contributed by atoms with Crippen LogP contribution in [0.1, 0.15) is 34.0 Å². The van der Waals surface area contributed by atoms with Crippen molar-refractivity contribution in [2.75, 3.05) is 0 Å². The van der Waals surface area contributed by atoms with Crippen LogP contribution in [0.5, 0.6) is 0 Å². The van der Waals surface area contributed by atoms with E-state index in [0.717, 1.165) is 16.7 Å². The molecule has 0 heterocycles. The number of hydroxylamine groups is 1. The maximum atomic E-state index is 12.2. The van der Waals surface area contributed by atoms with Crippen LogP contribution in [0.3, 0.4) is 0 Å². The number of hydrogen-bond donors (Lipinski definition) is 5. The highest BCUT2D eigenvalue weighted by atomic mass is 16.5. The third-order valence-corrected chi connectivity index (χ3v) is 3.84. The van der Waals surface area contributed by atoms with E-state index in [1.165, 1.54) is 5.48 Å². The standard InChI is InChI=1S/C20H21N3O4/c1-13(21)18(20(26)23-27)22-19(25)17-10-8-15(9-11-17)3-2-14-4-6-16(12-24)7-5-14/h4-11,13,18,24,27H,12,21H2,1H3,(H,22,25)(H,23,26)/t13-,18?/m0/s1. The van der Waals surface area contributed by atoms with Crippen LogP contribution in [-0.4, -0.2) is 34.2 Å². The van der Waals surface area contributed by atoms with Gasteiger partial charge >= 0.3 is 0 Å². The van der Waals surface area contributed by atoms with Gasteiger partial charge in [0.2, 0.25) is 0 Å². The fourth-order valence-electron chi connectivity index (χ4n) is 2.27. The Labute approximate surface area is 157 Å². The van der Waals surface area contributed by atoms with Crippen LogP contribution in [0.25, 0.3) is 0 Å². The normalized spacial score (nSPS) is 12.3. The second kappa shape index (κ2) is 9.50. The van der Waals surface area contributed by atoms with E-state index in [0.29, 0.717) is 5.56 Å². The van der Waals surface area contributed by atoms with Crippen molar-refractivity contribution in [3.05, 3.63) is 70.8 Å². The average Bonchev–Trinajstić information content (AvgIpc) is 2.70. The van der Waals surface area contributed by atoms with Crippen LogP contribution in [-0.2, 0) is 11.4 Å². The Hall–Kier alpha value is -3.18. The number of benzene rings is 2. The molecule has 2 aromatic carbocycles. The van der Waals surface area contributed by atoms with E-state index in [1.54, 1.807) is 43.3 Å². The number of hydrogen-bond acceptors (Lipinski definition) is 5. The largest absolute Gasteiger partial charge is 0.392 e. The highest BCUT2D eigenvalue weighted by molar-refractivity contribution is 5.97. The van der Waals surface area contributed by atoms with E-state index in [4.69, 9.17) is 16.0 Å². The van der Waals surface area contributed by atoms with Gasteiger partial charge in [-0.15, -0.1) is 0 Å². The van der Waals surface area contributed by atoms with Crippen LogP contribution in [0.2, 0.25) is 0 Å². The minimum Gasteiger partial charge on any atom is -0.392 e. The Kier molecular flexibility index (Phi) is 7.08. The lowest BCUT2D eigenvalue weighted by Crippen LogP contribution is -2.54. The van der Waals surface area contributed by atoms with Gasteiger partial charge in [0, 0.05) is 22.7 Å². The molecule has 2 rings (SSSR count). The number of nitrogens with two attached hydrogens (primary N) is 1. The molecular formula is C20H21N3O4. The van der Waals surface area contributed by atoms with E-state index in [2.05, 4.69) is 17.2 Å². The molecule has 0 bridgehead atoms. The number of aliphatic hydroxyl groups excluding tert-OH is 1. The monoisotopic (exact) mass is 367 g/mol. The minimum atomic E-state index is -1.05.